The fourth-order valence-electron chi connectivity index (χ4n) is 1.71. The van der Waals surface area contributed by atoms with Crippen molar-refractivity contribution in [3.05, 3.63) is 41.5 Å². The number of hydrogen-bond donors (Lipinski definition) is 2. The molecule has 6 heteroatoms. The molecule has 0 aliphatic rings. The lowest BCUT2D eigenvalue weighted by atomic mass is 10.1. The summed E-state index contributed by atoms with van der Waals surface area (Å²) in [4.78, 5) is 11.9. The quantitative estimate of drug-likeness (QED) is 0.790. The highest BCUT2D eigenvalue weighted by Crippen LogP contribution is 2.12. The lowest BCUT2D eigenvalue weighted by Crippen LogP contribution is -2.26. The molecule has 100 valence electrons. The summed E-state index contributed by atoms with van der Waals surface area (Å²) in [5, 5.41) is 10.6. The number of nitrogens with two attached hydrogens (primary N) is 1. The summed E-state index contributed by atoms with van der Waals surface area (Å²) in [5.74, 6) is 0.706. The number of carbonyl (C=O) groups excluding carboxylic acids is 1. The van der Waals surface area contributed by atoms with Crippen molar-refractivity contribution < 1.29 is 4.79 Å². The van der Waals surface area contributed by atoms with Crippen LogP contribution in [0.4, 0.5) is 5.69 Å². The van der Waals surface area contributed by atoms with Gasteiger partial charge in [0.05, 0.1) is 0 Å². The second-order valence-corrected chi connectivity index (χ2v) is 4.44. The van der Waals surface area contributed by atoms with Gasteiger partial charge in [-0.15, -0.1) is 10.2 Å². The minimum atomic E-state index is -0.131. The maximum absolute atomic E-state index is 11.9. The second kappa shape index (κ2) is 5.51. The number of aromatic nitrogens is 3. The van der Waals surface area contributed by atoms with Crippen molar-refractivity contribution in [3.63, 3.8) is 0 Å². The highest BCUT2D eigenvalue weighted by Gasteiger charge is 2.07. The molecule has 19 heavy (non-hydrogen) atoms. The highest BCUT2D eigenvalue weighted by atomic mass is 16.1. The first-order valence-electron chi connectivity index (χ1n) is 6.05. The molecule has 1 aromatic heterocycles. The van der Waals surface area contributed by atoms with Crippen LogP contribution in [0.15, 0.2) is 24.5 Å². The number of anilines is 1. The van der Waals surface area contributed by atoms with E-state index in [-0.39, 0.29) is 5.91 Å². The van der Waals surface area contributed by atoms with Gasteiger partial charge in [-0.05, 0) is 24.6 Å². The number of aryl methyl sites for hydroxylation is 2. The standard InChI is InChI=1S/C13H17N5O/c1-9-3-4-10(7-11(9)14)13(19)15-6-5-12-17-16-8-18(12)2/h3-4,7-8H,5-6,14H2,1-2H3,(H,15,19). The Morgan fingerprint density at radius 3 is 2.89 bits per heavy atom. The lowest BCUT2D eigenvalue weighted by molar-refractivity contribution is 0.0954. The number of nitrogens with zero attached hydrogens (tertiary/aromatic N) is 3. The van der Waals surface area contributed by atoms with Crippen LogP contribution in [0.25, 0.3) is 0 Å². The van der Waals surface area contributed by atoms with E-state index < -0.39 is 0 Å². The van der Waals surface area contributed by atoms with Crippen molar-refractivity contribution in [2.24, 2.45) is 7.05 Å². The number of rotatable bonds is 4. The molecule has 2 aromatic rings. The van der Waals surface area contributed by atoms with Crippen LogP contribution in [0.5, 0.6) is 0 Å². The van der Waals surface area contributed by atoms with Gasteiger partial charge in [0, 0.05) is 31.3 Å². The van der Waals surface area contributed by atoms with E-state index >= 15 is 0 Å². The molecule has 0 atom stereocenters. The molecule has 0 saturated heterocycles. The Kier molecular flexibility index (Phi) is 3.79. The van der Waals surface area contributed by atoms with Gasteiger partial charge in [-0.25, -0.2) is 0 Å². The van der Waals surface area contributed by atoms with Gasteiger partial charge >= 0.3 is 0 Å². The van der Waals surface area contributed by atoms with Crippen LogP contribution in [-0.4, -0.2) is 27.2 Å². The normalized spacial score (nSPS) is 10.4. The Balaban J connectivity index is 1.91. The van der Waals surface area contributed by atoms with E-state index in [1.807, 2.05) is 24.6 Å². The topological polar surface area (TPSA) is 85.8 Å². The third kappa shape index (κ3) is 3.09. The average molecular weight is 259 g/mol. The van der Waals surface area contributed by atoms with Crippen molar-refractivity contribution in [2.75, 3.05) is 12.3 Å². The van der Waals surface area contributed by atoms with Crippen LogP contribution in [0.2, 0.25) is 0 Å². The van der Waals surface area contributed by atoms with Crippen molar-refractivity contribution in [1.29, 1.82) is 0 Å². The molecule has 2 rings (SSSR count). The smallest absolute Gasteiger partial charge is 0.251 e. The molecule has 0 unspecified atom stereocenters. The van der Waals surface area contributed by atoms with E-state index in [0.29, 0.717) is 24.2 Å². The van der Waals surface area contributed by atoms with Gasteiger partial charge in [0.25, 0.3) is 5.91 Å². The van der Waals surface area contributed by atoms with Gasteiger partial charge in [0.15, 0.2) is 0 Å². The maximum atomic E-state index is 11.9. The van der Waals surface area contributed by atoms with Crippen molar-refractivity contribution >= 4 is 11.6 Å². The number of carbonyl (C=O) groups is 1. The Morgan fingerprint density at radius 2 is 2.26 bits per heavy atom. The number of nitrogens with one attached hydrogen (secondary N) is 1. The molecule has 0 aliphatic heterocycles. The predicted molar refractivity (Wildman–Crippen MR) is 72.6 cm³/mol. The van der Waals surface area contributed by atoms with Crippen LogP contribution in [-0.2, 0) is 13.5 Å². The van der Waals surface area contributed by atoms with Crippen molar-refractivity contribution in [1.82, 2.24) is 20.1 Å². The largest absolute Gasteiger partial charge is 0.398 e. The molecule has 0 bridgehead atoms. The molecule has 1 aromatic carbocycles. The Morgan fingerprint density at radius 1 is 1.47 bits per heavy atom. The van der Waals surface area contributed by atoms with Gasteiger partial charge in [-0.3, -0.25) is 4.79 Å². The zero-order valence-electron chi connectivity index (χ0n) is 11.1. The molecule has 0 saturated carbocycles. The molecule has 1 amide bonds. The lowest BCUT2D eigenvalue weighted by Gasteiger charge is -2.07. The number of benzene rings is 1. The Labute approximate surface area is 111 Å². The third-order valence-corrected chi connectivity index (χ3v) is 2.98. The predicted octanol–water partition coefficient (Wildman–Crippen LogP) is 0.678. The molecule has 0 spiro atoms. The Hall–Kier alpha value is -2.37. The van der Waals surface area contributed by atoms with Crippen LogP contribution in [0.3, 0.4) is 0 Å². The fraction of sp³-hybridized carbons (Fsp3) is 0.308. The summed E-state index contributed by atoms with van der Waals surface area (Å²) in [6.07, 6.45) is 2.28. The molecule has 0 aliphatic carbocycles. The first kappa shape index (κ1) is 13.1. The molecule has 3 N–H and O–H groups in total. The molecule has 1 heterocycles. The average Bonchev–Trinajstić information content (AvgIpc) is 2.78. The monoisotopic (exact) mass is 259 g/mol. The van der Waals surface area contributed by atoms with Crippen molar-refractivity contribution in [3.8, 4) is 0 Å². The first-order chi connectivity index (χ1) is 9.08. The van der Waals surface area contributed by atoms with E-state index in [2.05, 4.69) is 15.5 Å². The van der Waals surface area contributed by atoms with Gasteiger partial charge < -0.3 is 15.6 Å². The van der Waals surface area contributed by atoms with Gasteiger partial charge in [0.2, 0.25) is 0 Å². The summed E-state index contributed by atoms with van der Waals surface area (Å²) in [6.45, 7) is 2.42. The van der Waals surface area contributed by atoms with E-state index in [0.717, 1.165) is 11.4 Å². The SMILES string of the molecule is Cc1ccc(C(=O)NCCc2nncn2C)cc1N. The van der Waals surface area contributed by atoms with Crippen LogP contribution >= 0.6 is 0 Å². The summed E-state index contributed by atoms with van der Waals surface area (Å²) in [7, 11) is 1.87. The molecular weight excluding hydrogens is 242 g/mol. The fourth-order valence-corrected chi connectivity index (χ4v) is 1.71. The number of amides is 1. The van der Waals surface area contributed by atoms with E-state index in [4.69, 9.17) is 5.73 Å². The highest BCUT2D eigenvalue weighted by molar-refractivity contribution is 5.95. The number of hydrogen-bond acceptors (Lipinski definition) is 4. The molecule has 6 nitrogen and oxygen atoms in total. The Bertz CT molecular complexity index is 590. The molecule has 0 radical (unpaired) electrons. The maximum Gasteiger partial charge on any atom is 0.251 e. The van der Waals surface area contributed by atoms with E-state index in [9.17, 15) is 4.79 Å². The number of nitrogen functional groups attached to an aromatic ring is 1. The minimum absolute atomic E-state index is 0.131. The zero-order chi connectivity index (χ0) is 13.8. The summed E-state index contributed by atoms with van der Waals surface area (Å²) in [5.41, 5.74) is 7.95. The van der Waals surface area contributed by atoms with E-state index in [1.165, 1.54) is 0 Å². The van der Waals surface area contributed by atoms with Gasteiger partial charge in [-0.2, -0.15) is 0 Å². The second-order valence-electron chi connectivity index (χ2n) is 4.44. The van der Waals surface area contributed by atoms with Gasteiger partial charge in [0.1, 0.15) is 12.2 Å². The van der Waals surface area contributed by atoms with Crippen LogP contribution in [0.1, 0.15) is 21.7 Å². The summed E-state index contributed by atoms with van der Waals surface area (Å²) in [6, 6.07) is 5.29. The summed E-state index contributed by atoms with van der Waals surface area (Å²) < 4.78 is 1.83. The first-order valence-corrected chi connectivity index (χ1v) is 6.05. The molecular formula is C13H17N5O. The summed E-state index contributed by atoms with van der Waals surface area (Å²) >= 11 is 0. The minimum Gasteiger partial charge on any atom is -0.398 e. The van der Waals surface area contributed by atoms with E-state index in [1.54, 1.807) is 18.5 Å². The van der Waals surface area contributed by atoms with Crippen LogP contribution in [0, 0.1) is 6.92 Å². The van der Waals surface area contributed by atoms with Crippen molar-refractivity contribution in [2.45, 2.75) is 13.3 Å². The zero-order valence-corrected chi connectivity index (χ0v) is 11.1. The van der Waals surface area contributed by atoms with Gasteiger partial charge in [-0.1, -0.05) is 6.07 Å². The molecule has 0 fully saturated rings. The third-order valence-electron chi connectivity index (χ3n) is 2.98. The van der Waals surface area contributed by atoms with Crippen LogP contribution < -0.4 is 11.1 Å².